The minimum absolute atomic E-state index is 0.126. The SMILES string of the molecule is O=C(NCC1(O)CCOC1)c1cccn1C1CCNCC1. The van der Waals surface area contributed by atoms with Gasteiger partial charge in [0.15, 0.2) is 0 Å². The third-order valence-electron chi connectivity index (χ3n) is 4.37. The van der Waals surface area contributed by atoms with Gasteiger partial charge in [-0.3, -0.25) is 4.79 Å². The molecule has 0 bridgehead atoms. The highest BCUT2D eigenvalue weighted by molar-refractivity contribution is 5.92. The number of hydrogen-bond acceptors (Lipinski definition) is 4. The van der Waals surface area contributed by atoms with Crippen molar-refractivity contribution in [2.75, 3.05) is 32.8 Å². The van der Waals surface area contributed by atoms with Crippen molar-refractivity contribution in [2.24, 2.45) is 0 Å². The Balaban J connectivity index is 1.63. The zero-order valence-corrected chi connectivity index (χ0v) is 12.2. The Labute approximate surface area is 124 Å². The molecule has 1 amide bonds. The van der Waals surface area contributed by atoms with Gasteiger partial charge in [0.25, 0.3) is 5.91 Å². The molecule has 0 radical (unpaired) electrons. The predicted octanol–water partition coefficient (Wildman–Crippen LogP) is 0.294. The van der Waals surface area contributed by atoms with E-state index in [9.17, 15) is 9.90 Å². The number of nitrogens with zero attached hydrogens (tertiary/aromatic N) is 1. The number of piperidine rings is 1. The molecule has 116 valence electrons. The Morgan fingerprint density at radius 3 is 3.05 bits per heavy atom. The Kier molecular flexibility index (Phi) is 4.28. The lowest BCUT2D eigenvalue weighted by Gasteiger charge is -2.26. The molecular formula is C15H23N3O3. The van der Waals surface area contributed by atoms with Crippen LogP contribution in [-0.2, 0) is 4.74 Å². The number of rotatable bonds is 4. The third-order valence-corrected chi connectivity index (χ3v) is 4.37. The molecule has 2 fully saturated rings. The summed E-state index contributed by atoms with van der Waals surface area (Å²) in [7, 11) is 0. The molecular weight excluding hydrogens is 270 g/mol. The zero-order valence-electron chi connectivity index (χ0n) is 12.2. The maximum absolute atomic E-state index is 12.4. The predicted molar refractivity (Wildman–Crippen MR) is 78.3 cm³/mol. The van der Waals surface area contributed by atoms with E-state index in [2.05, 4.69) is 15.2 Å². The van der Waals surface area contributed by atoms with Crippen LogP contribution >= 0.6 is 0 Å². The van der Waals surface area contributed by atoms with Gasteiger partial charge < -0.3 is 25.0 Å². The first-order valence-electron chi connectivity index (χ1n) is 7.64. The van der Waals surface area contributed by atoms with E-state index in [-0.39, 0.29) is 12.5 Å². The molecule has 3 N–H and O–H groups in total. The standard InChI is InChI=1S/C15H23N3O3/c19-14(17-10-15(20)5-9-21-11-15)13-2-1-8-18(13)12-3-6-16-7-4-12/h1-2,8,12,16,20H,3-7,9-11H2,(H,17,19). The summed E-state index contributed by atoms with van der Waals surface area (Å²) in [6, 6.07) is 4.12. The zero-order chi connectivity index (χ0) is 14.7. The maximum atomic E-state index is 12.4. The van der Waals surface area contributed by atoms with Crippen LogP contribution in [0.25, 0.3) is 0 Å². The lowest BCUT2D eigenvalue weighted by atomic mass is 10.0. The summed E-state index contributed by atoms with van der Waals surface area (Å²) < 4.78 is 7.25. The summed E-state index contributed by atoms with van der Waals surface area (Å²) in [6.45, 7) is 3.06. The van der Waals surface area contributed by atoms with Crippen LogP contribution in [0.2, 0.25) is 0 Å². The average Bonchev–Trinajstić information content (AvgIpc) is 3.15. The fraction of sp³-hybridized carbons (Fsp3) is 0.667. The van der Waals surface area contributed by atoms with Crippen LogP contribution in [0.15, 0.2) is 18.3 Å². The average molecular weight is 293 g/mol. The highest BCUT2D eigenvalue weighted by Crippen LogP contribution is 2.22. The number of carbonyl (C=O) groups is 1. The van der Waals surface area contributed by atoms with Gasteiger partial charge in [0.1, 0.15) is 11.3 Å². The fourth-order valence-electron chi connectivity index (χ4n) is 3.06. The highest BCUT2D eigenvalue weighted by Gasteiger charge is 2.33. The molecule has 1 aromatic rings. The van der Waals surface area contributed by atoms with Gasteiger partial charge in [0.05, 0.1) is 6.61 Å². The number of amides is 1. The Morgan fingerprint density at radius 2 is 2.33 bits per heavy atom. The second-order valence-electron chi connectivity index (χ2n) is 5.99. The molecule has 0 spiro atoms. The van der Waals surface area contributed by atoms with Crippen LogP contribution in [0.5, 0.6) is 0 Å². The van der Waals surface area contributed by atoms with Crippen molar-refractivity contribution in [1.82, 2.24) is 15.2 Å². The molecule has 1 unspecified atom stereocenters. The van der Waals surface area contributed by atoms with Gasteiger partial charge in [-0.05, 0) is 38.1 Å². The number of aromatic nitrogens is 1. The molecule has 2 saturated heterocycles. The monoisotopic (exact) mass is 293 g/mol. The van der Waals surface area contributed by atoms with E-state index in [4.69, 9.17) is 4.74 Å². The van der Waals surface area contributed by atoms with Crippen molar-refractivity contribution in [1.29, 1.82) is 0 Å². The van der Waals surface area contributed by atoms with E-state index in [1.807, 2.05) is 18.3 Å². The molecule has 2 aliphatic heterocycles. The summed E-state index contributed by atoms with van der Waals surface area (Å²) in [4.78, 5) is 12.4. The van der Waals surface area contributed by atoms with Crippen LogP contribution in [-0.4, -0.2) is 54.0 Å². The quantitative estimate of drug-likeness (QED) is 0.746. The number of ether oxygens (including phenoxy) is 1. The Hall–Kier alpha value is -1.37. The second-order valence-corrected chi connectivity index (χ2v) is 5.99. The third kappa shape index (κ3) is 3.28. The smallest absolute Gasteiger partial charge is 0.268 e. The Morgan fingerprint density at radius 1 is 1.52 bits per heavy atom. The van der Waals surface area contributed by atoms with Gasteiger partial charge in [-0.25, -0.2) is 0 Å². The van der Waals surface area contributed by atoms with E-state index in [0.717, 1.165) is 25.9 Å². The summed E-state index contributed by atoms with van der Waals surface area (Å²) in [5, 5.41) is 16.4. The van der Waals surface area contributed by atoms with Gasteiger partial charge >= 0.3 is 0 Å². The molecule has 2 aliphatic rings. The number of carbonyl (C=O) groups excluding carboxylic acids is 1. The van der Waals surface area contributed by atoms with E-state index in [0.29, 0.717) is 31.4 Å². The second kappa shape index (κ2) is 6.17. The van der Waals surface area contributed by atoms with Crippen molar-refractivity contribution in [2.45, 2.75) is 30.9 Å². The molecule has 3 rings (SSSR count). The molecule has 6 heteroatoms. The van der Waals surface area contributed by atoms with Crippen LogP contribution in [0, 0.1) is 0 Å². The topological polar surface area (TPSA) is 75.5 Å². The first-order valence-corrected chi connectivity index (χ1v) is 7.64. The van der Waals surface area contributed by atoms with Crippen molar-refractivity contribution in [3.05, 3.63) is 24.0 Å². The molecule has 21 heavy (non-hydrogen) atoms. The molecule has 6 nitrogen and oxygen atoms in total. The minimum Gasteiger partial charge on any atom is -0.386 e. The van der Waals surface area contributed by atoms with Gasteiger partial charge in [0, 0.05) is 31.8 Å². The van der Waals surface area contributed by atoms with Gasteiger partial charge in [0.2, 0.25) is 0 Å². The van der Waals surface area contributed by atoms with E-state index in [1.54, 1.807) is 0 Å². The van der Waals surface area contributed by atoms with Crippen LogP contribution < -0.4 is 10.6 Å². The largest absolute Gasteiger partial charge is 0.386 e. The van der Waals surface area contributed by atoms with Gasteiger partial charge in [-0.1, -0.05) is 0 Å². The first kappa shape index (κ1) is 14.6. The van der Waals surface area contributed by atoms with Gasteiger partial charge in [-0.2, -0.15) is 0 Å². The first-order chi connectivity index (χ1) is 10.2. The molecule has 1 atom stereocenters. The molecule has 3 heterocycles. The molecule has 1 aromatic heterocycles. The molecule has 0 aliphatic carbocycles. The minimum atomic E-state index is -0.915. The van der Waals surface area contributed by atoms with E-state index >= 15 is 0 Å². The number of hydrogen-bond donors (Lipinski definition) is 3. The summed E-state index contributed by atoms with van der Waals surface area (Å²) >= 11 is 0. The molecule has 0 saturated carbocycles. The maximum Gasteiger partial charge on any atom is 0.268 e. The Bertz CT molecular complexity index is 488. The van der Waals surface area contributed by atoms with E-state index in [1.165, 1.54) is 0 Å². The van der Waals surface area contributed by atoms with Crippen molar-refractivity contribution in [3.8, 4) is 0 Å². The van der Waals surface area contributed by atoms with Crippen LogP contribution in [0.3, 0.4) is 0 Å². The van der Waals surface area contributed by atoms with Crippen molar-refractivity contribution in [3.63, 3.8) is 0 Å². The van der Waals surface area contributed by atoms with Crippen LogP contribution in [0.1, 0.15) is 35.8 Å². The number of nitrogens with one attached hydrogen (secondary N) is 2. The summed E-state index contributed by atoms with van der Waals surface area (Å²) in [5.74, 6) is -0.126. The summed E-state index contributed by atoms with van der Waals surface area (Å²) in [5.41, 5.74) is -0.244. The fourth-order valence-corrected chi connectivity index (χ4v) is 3.06. The van der Waals surface area contributed by atoms with Gasteiger partial charge in [-0.15, -0.1) is 0 Å². The lowest BCUT2D eigenvalue weighted by Crippen LogP contribution is -2.44. The lowest BCUT2D eigenvalue weighted by molar-refractivity contribution is 0.0263. The number of aliphatic hydroxyl groups is 1. The van der Waals surface area contributed by atoms with Crippen molar-refractivity contribution >= 4 is 5.91 Å². The normalized spacial score (nSPS) is 26.9. The highest BCUT2D eigenvalue weighted by atomic mass is 16.5. The van der Waals surface area contributed by atoms with Crippen LogP contribution in [0.4, 0.5) is 0 Å². The molecule has 0 aromatic carbocycles. The van der Waals surface area contributed by atoms with Crippen molar-refractivity contribution < 1.29 is 14.6 Å². The summed E-state index contributed by atoms with van der Waals surface area (Å²) in [6.07, 6.45) is 4.61. The van der Waals surface area contributed by atoms with E-state index < -0.39 is 5.60 Å².